The van der Waals surface area contributed by atoms with Gasteiger partial charge in [0, 0.05) is 45.8 Å². The number of nitrogens with zero attached hydrogens (tertiary/aromatic N) is 3. The molecule has 2 aromatic rings. The van der Waals surface area contributed by atoms with Crippen LogP contribution in [0.5, 0.6) is 0 Å². The van der Waals surface area contributed by atoms with E-state index in [4.69, 9.17) is 9.15 Å². The summed E-state index contributed by atoms with van der Waals surface area (Å²) in [6.07, 6.45) is 2.41. The van der Waals surface area contributed by atoms with Crippen LogP contribution in [0, 0.1) is 0 Å². The van der Waals surface area contributed by atoms with Gasteiger partial charge in [-0.15, -0.1) is 0 Å². The predicted molar refractivity (Wildman–Crippen MR) is 116 cm³/mol. The molecule has 0 aliphatic carbocycles. The van der Waals surface area contributed by atoms with Gasteiger partial charge in [0.1, 0.15) is 0 Å². The highest BCUT2D eigenvalue weighted by molar-refractivity contribution is 5.91. The third-order valence-corrected chi connectivity index (χ3v) is 5.78. The topological polar surface area (TPSA) is 78.3 Å². The lowest BCUT2D eigenvalue weighted by Gasteiger charge is -2.35. The summed E-state index contributed by atoms with van der Waals surface area (Å²) in [5.41, 5.74) is 1.08. The molecule has 1 unspecified atom stereocenters. The standard InChI is InChI=1S/C23H30N4O4/c28-22(21-8-4-14-31-21)26-10-5-9-25(11-12-26)17-20-18-27(13-15-30-20)23(29)24-16-19-6-2-1-3-7-19/h1-4,6-8,14,20H,5,9-13,15-18H2,(H,24,29). The summed E-state index contributed by atoms with van der Waals surface area (Å²) in [5.74, 6) is 0.336. The number of hydrogen-bond acceptors (Lipinski definition) is 5. The first-order valence-electron chi connectivity index (χ1n) is 10.9. The highest BCUT2D eigenvalue weighted by Gasteiger charge is 2.28. The maximum atomic E-state index is 12.6. The van der Waals surface area contributed by atoms with Crippen molar-refractivity contribution in [3.05, 3.63) is 60.1 Å². The van der Waals surface area contributed by atoms with Crippen molar-refractivity contribution >= 4 is 11.9 Å². The van der Waals surface area contributed by atoms with Crippen molar-refractivity contribution in [1.29, 1.82) is 0 Å². The number of furan rings is 1. The Morgan fingerprint density at radius 2 is 1.84 bits per heavy atom. The third-order valence-electron chi connectivity index (χ3n) is 5.78. The third kappa shape index (κ3) is 5.86. The van der Waals surface area contributed by atoms with Crippen LogP contribution in [0.15, 0.2) is 53.1 Å². The van der Waals surface area contributed by atoms with Crippen LogP contribution >= 0.6 is 0 Å². The summed E-state index contributed by atoms with van der Waals surface area (Å²) < 4.78 is 11.2. The molecule has 0 saturated carbocycles. The van der Waals surface area contributed by atoms with E-state index in [-0.39, 0.29) is 18.0 Å². The molecule has 2 aliphatic rings. The first-order chi connectivity index (χ1) is 15.2. The Hall–Kier alpha value is -2.84. The van der Waals surface area contributed by atoms with Crippen molar-refractivity contribution < 1.29 is 18.7 Å². The van der Waals surface area contributed by atoms with Gasteiger partial charge < -0.3 is 24.3 Å². The molecule has 1 aromatic heterocycles. The normalized spacial score (nSPS) is 20.3. The lowest BCUT2D eigenvalue weighted by molar-refractivity contribution is -0.0299. The fraction of sp³-hybridized carbons (Fsp3) is 0.478. The molecule has 3 amide bonds. The first-order valence-corrected chi connectivity index (χ1v) is 10.9. The van der Waals surface area contributed by atoms with Gasteiger partial charge in [0.25, 0.3) is 5.91 Å². The molecule has 4 rings (SSSR count). The molecule has 2 aliphatic heterocycles. The largest absolute Gasteiger partial charge is 0.459 e. The number of benzene rings is 1. The van der Waals surface area contributed by atoms with Gasteiger partial charge in [0.05, 0.1) is 19.0 Å². The molecule has 3 heterocycles. The average Bonchev–Trinajstić information content (AvgIpc) is 3.25. The molecule has 8 nitrogen and oxygen atoms in total. The van der Waals surface area contributed by atoms with Crippen LogP contribution in [0.25, 0.3) is 0 Å². The van der Waals surface area contributed by atoms with Gasteiger partial charge in [-0.3, -0.25) is 9.69 Å². The van der Waals surface area contributed by atoms with Crippen molar-refractivity contribution in [2.75, 3.05) is 52.4 Å². The molecule has 1 N–H and O–H groups in total. The van der Waals surface area contributed by atoms with E-state index in [1.165, 1.54) is 6.26 Å². The lowest BCUT2D eigenvalue weighted by atomic mass is 10.2. The van der Waals surface area contributed by atoms with Crippen molar-refractivity contribution in [2.45, 2.75) is 19.1 Å². The molecule has 0 radical (unpaired) electrons. The molecule has 2 fully saturated rings. The monoisotopic (exact) mass is 426 g/mol. The molecule has 166 valence electrons. The predicted octanol–water partition coefficient (Wildman–Crippen LogP) is 2.04. The van der Waals surface area contributed by atoms with Gasteiger partial charge in [-0.2, -0.15) is 0 Å². The Morgan fingerprint density at radius 1 is 0.968 bits per heavy atom. The molecular formula is C23H30N4O4. The molecule has 1 aromatic carbocycles. The lowest BCUT2D eigenvalue weighted by Crippen LogP contribution is -2.52. The van der Waals surface area contributed by atoms with Gasteiger partial charge in [-0.1, -0.05) is 30.3 Å². The smallest absolute Gasteiger partial charge is 0.317 e. The Kier molecular flexibility index (Phi) is 7.22. The molecule has 0 bridgehead atoms. The van der Waals surface area contributed by atoms with Crippen LogP contribution in [0.2, 0.25) is 0 Å². The summed E-state index contributed by atoms with van der Waals surface area (Å²) in [4.78, 5) is 31.1. The Balaban J connectivity index is 1.23. The first kappa shape index (κ1) is 21.4. The van der Waals surface area contributed by atoms with Crippen LogP contribution in [-0.2, 0) is 11.3 Å². The van der Waals surface area contributed by atoms with E-state index in [1.54, 1.807) is 12.1 Å². The SMILES string of the molecule is O=C(NCc1ccccc1)N1CCOC(CN2CCCN(C(=O)c3ccco3)CC2)C1. The van der Waals surface area contributed by atoms with E-state index in [9.17, 15) is 9.59 Å². The molecule has 31 heavy (non-hydrogen) atoms. The van der Waals surface area contributed by atoms with E-state index in [0.29, 0.717) is 38.5 Å². The van der Waals surface area contributed by atoms with Gasteiger partial charge in [0.2, 0.25) is 0 Å². The summed E-state index contributed by atoms with van der Waals surface area (Å²) >= 11 is 0. The highest BCUT2D eigenvalue weighted by Crippen LogP contribution is 2.13. The number of rotatable bonds is 5. The highest BCUT2D eigenvalue weighted by atomic mass is 16.5. The number of ether oxygens (including phenoxy) is 1. The number of nitrogens with one attached hydrogen (secondary N) is 1. The van der Waals surface area contributed by atoms with Gasteiger partial charge >= 0.3 is 6.03 Å². The van der Waals surface area contributed by atoms with E-state index < -0.39 is 0 Å². The molecule has 2 saturated heterocycles. The van der Waals surface area contributed by atoms with Crippen molar-refractivity contribution in [1.82, 2.24) is 20.0 Å². The van der Waals surface area contributed by atoms with E-state index in [0.717, 1.165) is 38.2 Å². The minimum atomic E-state index is -0.0537. The quantitative estimate of drug-likeness (QED) is 0.792. The summed E-state index contributed by atoms with van der Waals surface area (Å²) in [7, 11) is 0. The number of carbonyl (C=O) groups is 2. The zero-order valence-corrected chi connectivity index (χ0v) is 17.7. The summed E-state index contributed by atoms with van der Waals surface area (Å²) in [5, 5.41) is 3.00. The van der Waals surface area contributed by atoms with Crippen LogP contribution < -0.4 is 5.32 Å². The van der Waals surface area contributed by atoms with Crippen LogP contribution in [0.1, 0.15) is 22.5 Å². The van der Waals surface area contributed by atoms with E-state index in [2.05, 4.69) is 10.2 Å². The van der Waals surface area contributed by atoms with Gasteiger partial charge in [0.15, 0.2) is 5.76 Å². The van der Waals surface area contributed by atoms with Crippen LogP contribution in [-0.4, -0.2) is 85.2 Å². The number of hydrogen-bond donors (Lipinski definition) is 1. The Labute approximate surface area is 182 Å². The molecule has 0 spiro atoms. The minimum absolute atomic E-state index is 0.0245. The number of morpholine rings is 1. The maximum absolute atomic E-state index is 12.6. The van der Waals surface area contributed by atoms with Crippen LogP contribution in [0.4, 0.5) is 4.79 Å². The Morgan fingerprint density at radius 3 is 2.65 bits per heavy atom. The summed E-state index contributed by atoms with van der Waals surface area (Å²) in [6, 6.07) is 13.3. The van der Waals surface area contributed by atoms with Crippen molar-refractivity contribution in [3.63, 3.8) is 0 Å². The average molecular weight is 427 g/mol. The van der Waals surface area contributed by atoms with Gasteiger partial charge in [-0.25, -0.2) is 4.79 Å². The second-order valence-corrected chi connectivity index (χ2v) is 8.01. The second kappa shape index (κ2) is 10.5. The van der Waals surface area contributed by atoms with E-state index >= 15 is 0 Å². The van der Waals surface area contributed by atoms with Crippen molar-refractivity contribution in [2.24, 2.45) is 0 Å². The number of amides is 3. The fourth-order valence-corrected chi connectivity index (χ4v) is 4.10. The molecule has 8 heteroatoms. The molecule has 1 atom stereocenters. The molecular weight excluding hydrogens is 396 g/mol. The zero-order chi connectivity index (χ0) is 21.5. The minimum Gasteiger partial charge on any atom is -0.459 e. The maximum Gasteiger partial charge on any atom is 0.317 e. The van der Waals surface area contributed by atoms with E-state index in [1.807, 2.05) is 40.1 Å². The zero-order valence-electron chi connectivity index (χ0n) is 17.7. The van der Waals surface area contributed by atoms with Crippen LogP contribution in [0.3, 0.4) is 0 Å². The Bertz CT molecular complexity index is 843. The van der Waals surface area contributed by atoms with Gasteiger partial charge in [-0.05, 0) is 30.7 Å². The van der Waals surface area contributed by atoms with Crippen molar-refractivity contribution in [3.8, 4) is 0 Å². The fourth-order valence-electron chi connectivity index (χ4n) is 4.10. The number of carbonyl (C=O) groups excluding carboxylic acids is 2. The summed E-state index contributed by atoms with van der Waals surface area (Å²) in [6.45, 7) is 6.06. The number of urea groups is 1. The second-order valence-electron chi connectivity index (χ2n) is 8.01.